The van der Waals surface area contributed by atoms with Crippen LogP contribution in [0.3, 0.4) is 0 Å². The summed E-state index contributed by atoms with van der Waals surface area (Å²) in [4.78, 5) is 0.0373. The van der Waals surface area contributed by atoms with Crippen LogP contribution in [0.2, 0.25) is 0 Å². The van der Waals surface area contributed by atoms with E-state index in [0.717, 1.165) is 12.3 Å². The van der Waals surface area contributed by atoms with Crippen LogP contribution < -0.4 is 5.32 Å². The number of aliphatic hydroxyl groups is 1. The van der Waals surface area contributed by atoms with Crippen molar-refractivity contribution >= 4 is 15.5 Å². The second-order valence-electron chi connectivity index (χ2n) is 4.46. The monoisotopic (exact) mass is 314 g/mol. The van der Waals surface area contributed by atoms with Gasteiger partial charge in [-0.2, -0.15) is 0 Å². The van der Waals surface area contributed by atoms with E-state index in [0.29, 0.717) is 12.2 Å². The molecule has 0 aliphatic rings. The summed E-state index contributed by atoms with van der Waals surface area (Å²) in [6.07, 6.45) is 2.67. The minimum Gasteiger partial charge on any atom is -0.394 e. The lowest BCUT2D eigenvalue weighted by molar-refractivity contribution is 0.268. The number of hydrogen-bond acceptors (Lipinski definition) is 6. The summed E-state index contributed by atoms with van der Waals surface area (Å²) in [5.41, 5.74) is 0.627. The first-order valence-corrected chi connectivity index (χ1v) is 8.02. The van der Waals surface area contributed by atoms with E-state index in [1.54, 1.807) is 6.20 Å². The van der Waals surface area contributed by atoms with E-state index >= 15 is 0 Å². The molecule has 1 aromatic carbocycles. The van der Waals surface area contributed by atoms with Crippen molar-refractivity contribution < 1.29 is 17.9 Å². The standard InChI is InChI=1S/C12H15FN4O3S/c1-21(19,20)10-2-3-11(13)12(6-10)14-7-9-8-17(4-5-18)16-15-9/h2-3,6,8,14,18H,4-5,7H2,1H3. The molecule has 9 heteroatoms. The second kappa shape index (κ2) is 6.19. The Hall–Kier alpha value is -2.00. The lowest BCUT2D eigenvalue weighted by atomic mass is 10.3. The fourth-order valence-corrected chi connectivity index (χ4v) is 2.33. The summed E-state index contributed by atoms with van der Waals surface area (Å²) in [7, 11) is -3.39. The molecule has 2 aromatic rings. The molecule has 0 saturated heterocycles. The van der Waals surface area contributed by atoms with Crippen LogP contribution in [0.5, 0.6) is 0 Å². The molecule has 2 N–H and O–H groups in total. The molecule has 0 aliphatic carbocycles. The molecule has 0 amide bonds. The Morgan fingerprint density at radius 3 is 2.86 bits per heavy atom. The largest absolute Gasteiger partial charge is 0.394 e. The first-order valence-electron chi connectivity index (χ1n) is 6.13. The number of nitrogens with one attached hydrogen (secondary N) is 1. The van der Waals surface area contributed by atoms with Crippen LogP contribution in [-0.4, -0.2) is 41.4 Å². The van der Waals surface area contributed by atoms with Gasteiger partial charge in [0.15, 0.2) is 9.84 Å². The highest BCUT2D eigenvalue weighted by Crippen LogP contribution is 2.20. The average Bonchev–Trinajstić information content (AvgIpc) is 2.84. The Bertz CT molecular complexity index is 730. The molecule has 0 aliphatic heterocycles. The topological polar surface area (TPSA) is 97.1 Å². The van der Waals surface area contributed by atoms with Gasteiger partial charge in [0, 0.05) is 6.26 Å². The number of rotatable bonds is 6. The number of aliphatic hydroxyl groups excluding tert-OH is 1. The van der Waals surface area contributed by atoms with Crippen molar-refractivity contribution in [2.24, 2.45) is 0 Å². The Balaban J connectivity index is 2.12. The molecular formula is C12H15FN4O3S. The number of sulfone groups is 1. The van der Waals surface area contributed by atoms with Gasteiger partial charge in [-0.3, -0.25) is 0 Å². The molecule has 0 spiro atoms. The predicted molar refractivity (Wildman–Crippen MR) is 73.9 cm³/mol. The third-order valence-electron chi connectivity index (χ3n) is 2.74. The molecule has 114 valence electrons. The average molecular weight is 314 g/mol. The van der Waals surface area contributed by atoms with Crippen LogP contribution in [0.15, 0.2) is 29.3 Å². The van der Waals surface area contributed by atoms with Crippen LogP contribution in [0, 0.1) is 5.82 Å². The molecule has 0 fully saturated rings. The maximum absolute atomic E-state index is 13.7. The quantitative estimate of drug-likeness (QED) is 0.750. The lowest BCUT2D eigenvalue weighted by Crippen LogP contribution is -2.05. The molecule has 0 bridgehead atoms. The van der Waals surface area contributed by atoms with Crippen LogP contribution in [0.4, 0.5) is 10.1 Å². The van der Waals surface area contributed by atoms with E-state index in [1.165, 1.54) is 16.8 Å². The van der Waals surface area contributed by atoms with Gasteiger partial charge in [-0.25, -0.2) is 17.5 Å². The molecule has 7 nitrogen and oxygen atoms in total. The van der Waals surface area contributed by atoms with Gasteiger partial charge < -0.3 is 10.4 Å². The number of aromatic nitrogens is 3. The molecule has 2 rings (SSSR count). The zero-order chi connectivity index (χ0) is 15.5. The number of benzene rings is 1. The smallest absolute Gasteiger partial charge is 0.175 e. The van der Waals surface area contributed by atoms with Gasteiger partial charge in [0.2, 0.25) is 0 Å². The van der Waals surface area contributed by atoms with E-state index in [1.807, 2.05) is 0 Å². The zero-order valence-corrected chi connectivity index (χ0v) is 12.1. The number of halogens is 1. The summed E-state index contributed by atoms with van der Waals surface area (Å²) in [6.45, 7) is 0.460. The highest BCUT2D eigenvalue weighted by atomic mass is 32.2. The lowest BCUT2D eigenvalue weighted by Gasteiger charge is -2.07. The van der Waals surface area contributed by atoms with Crippen molar-refractivity contribution in [1.29, 1.82) is 0 Å². The van der Waals surface area contributed by atoms with Crippen LogP contribution in [-0.2, 0) is 22.9 Å². The van der Waals surface area contributed by atoms with Gasteiger partial charge in [-0.15, -0.1) is 5.10 Å². The van der Waals surface area contributed by atoms with Gasteiger partial charge >= 0.3 is 0 Å². The van der Waals surface area contributed by atoms with Crippen molar-refractivity contribution in [3.05, 3.63) is 35.9 Å². The Morgan fingerprint density at radius 1 is 1.43 bits per heavy atom. The van der Waals surface area contributed by atoms with Crippen LogP contribution >= 0.6 is 0 Å². The number of anilines is 1. The molecule has 0 radical (unpaired) electrons. The van der Waals surface area contributed by atoms with Crippen LogP contribution in [0.25, 0.3) is 0 Å². The van der Waals surface area contributed by atoms with Gasteiger partial charge in [0.1, 0.15) is 11.5 Å². The van der Waals surface area contributed by atoms with Crippen molar-refractivity contribution in [2.45, 2.75) is 18.0 Å². The minimum absolute atomic E-state index is 0.0373. The minimum atomic E-state index is -3.39. The maximum atomic E-state index is 13.7. The predicted octanol–water partition coefficient (Wildman–Crippen LogP) is 0.425. The fourth-order valence-electron chi connectivity index (χ4n) is 1.69. The molecule has 1 heterocycles. The highest BCUT2D eigenvalue weighted by molar-refractivity contribution is 7.90. The molecule has 1 aromatic heterocycles. The van der Waals surface area contributed by atoms with Crippen molar-refractivity contribution in [3.63, 3.8) is 0 Å². The molecule has 0 saturated carbocycles. The first kappa shape index (κ1) is 15.4. The molecular weight excluding hydrogens is 299 g/mol. The summed E-state index contributed by atoms with van der Waals surface area (Å²) >= 11 is 0. The van der Waals surface area contributed by atoms with Crippen molar-refractivity contribution in [3.8, 4) is 0 Å². The maximum Gasteiger partial charge on any atom is 0.175 e. The first-order chi connectivity index (χ1) is 9.90. The Labute approximate surface area is 121 Å². The Morgan fingerprint density at radius 2 is 2.19 bits per heavy atom. The zero-order valence-electron chi connectivity index (χ0n) is 11.3. The summed E-state index contributed by atoms with van der Waals surface area (Å²) in [6, 6.07) is 3.55. The highest BCUT2D eigenvalue weighted by Gasteiger charge is 2.11. The third kappa shape index (κ3) is 3.99. The SMILES string of the molecule is CS(=O)(=O)c1ccc(F)c(NCc2cn(CCO)nn2)c1. The fraction of sp³-hybridized carbons (Fsp3) is 0.333. The van der Waals surface area contributed by atoms with Crippen LogP contribution in [0.1, 0.15) is 5.69 Å². The van der Waals surface area contributed by atoms with Gasteiger partial charge in [-0.1, -0.05) is 5.21 Å². The number of hydrogen-bond donors (Lipinski definition) is 2. The van der Waals surface area contributed by atoms with Gasteiger partial charge in [0.25, 0.3) is 0 Å². The van der Waals surface area contributed by atoms with Crippen molar-refractivity contribution in [2.75, 3.05) is 18.2 Å². The van der Waals surface area contributed by atoms with Gasteiger partial charge in [0.05, 0.1) is 36.5 Å². The van der Waals surface area contributed by atoms with E-state index in [2.05, 4.69) is 15.6 Å². The Kier molecular flexibility index (Phi) is 4.53. The summed E-state index contributed by atoms with van der Waals surface area (Å²) in [5.74, 6) is -0.551. The van der Waals surface area contributed by atoms with Gasteiger partial charge in [-0.05, 0) is 18.2 Å². The van der Waals surface area contributed by atoms with E-state index in [-0.39, 0.29) is 23.7 Å². The van der Waals surface area contributed by atoms with Crippen molar-refractivity contribution in [1.82, 2.24) is 15.0 Å². The second-order valence-corrected chi connectivity index (χ2v) is 6.48. The van der Waals surface area contributed by atoms with E-state index in [4.69, 9.17) is 5.11 Å². The summed E-state index contributed by atoms with van der Waals surface area (Å²) < 4.78 is 38.0. The molecule has 0 unspecified atom stereocenters. The molecule has 0 atom stereocenters. The third-order valence-corrected chi connectivity index (χ3v) is 3.85. The summed E-state index contributed by atoms with van der Waals surface area (Å²) in [5, 5.41) is 19.2. The normalized spacial score (nSPS) is 11.6. The molecule has 21 heavy (non-hydrogen) atoms. The van der Waals surface area contributed by atoms with E-state index in [9.17, 15) is 12.8 Å². The number of nitrogens with zero attached hydrogens (tertiary/aromatic N) is 3. The van der Waals surface area contributed by atoms with E-state index < -0.39 is 15.7 Å².